The Balaban J connectivity index is 2.03. The Morgan fingerprint density at radius 2 is 2.00 bits per heavy atom. The standard InChI is InChI=1S/C14H11N3O3/c18-14-11(5-3-7-13(14)17(19)20)9-16-12-6-2-1-4-10(12)8-15-16/h1-8,18H,9H2. The Morgan fingerprint density at radius 1 is 1.20 bits per heavy atom. The summed E-state index contributed by atoms with van der Waals surface area (Å²) in [6.07, 6.45) is 1.73. The molecule has 1 N–H and O–H groups in total. The summed E-state index contributed by atoms with van der Waals surface area (Å²) in [5.74, 6) is -0.308. The van der Waals surface area contributed by atoms with Gasteiger partial charge in [0.25, 0.3) is 0 Å². The van der Waals surface area contributed by atoms with Gasteiger partial charge in [0.15, 0.2) is 5.75 Å². The monoisotopic (exact) mass is 269 g/mol. The number of hydrogen-bond acceptors (Lipinski definition) is 4. The number of nitro benzene ring substituents is 1. The first kappa shape index (κ1) is 12.2. The second-order valence-corrected chi connectivity index (χ2v) is 4.40. The molecule has 2 aromatic carbocycles. The van der Waals surface area contributed by atoms with E-state index in [-0.39, 0.29) is 18.0 Å². The van der Waals surface area contributed by atoms with Crippen LogP contribution in [0.4, 0.5) is 5.69 Å². The van der Waals surface area contributed by atoms with Crippen LogP contribution in [0.25, 0.3) is 10.9 Å². The fraction of sp³-hybridized carbons (Fsp3) is 0.0714. The molecule has 0 unspecified atom stereocenters. The summed E-state index contributed by atoms with van der Waals surface area (Å²) in [6, 6.07) is 12.1. The second-order valence-electron chi connectivity index (χ2n) is 4.40. The van der Waals surface area contributed by atoms with Crippen molar-refractivity contribution >= 4 is 16.6 Å². The van der Waals surface area contributed by atoms with E-state index in [2.05, 4.69) is 5.10 Å². The van der Waals surface area contributed by atoms with Crippen molar-refractivity contribution in [2.24, 2.45) is 0 Å². The molecule has 0 fully saturated rings. The fourth-order valence-corrected chi connectivity index (χ4v) is 2.17. The van der Waals surface area contributed by atoms with Gasteiger partial charge in [0, 0.05) is 17.0 Å². The summed E-state index contributed by atoms with van der Waals surface area (Å²) < 4.78 is 1.70. The van der Waals surface area contributed by atoms with E-state index in [0.29, 0.717) is 5.56 Å². The number of benzene rings is 2. The van der Waals surface area contributed by atoms with Gasteiger partial charge in [-0.05, 0) is 6.07 Å². The lowest BCUT2D eigenvalue weighted by Crippen LogP contribution is -2.02. The van der Waals surface area contributed by atoms with Gasteiger partial charge in [-0.1, -0.05) is 30.3 Å². The minimum atomic E-state index is -0.597. The molecule has 0 aliphatic rings. The van der Waals surface area contributed by atoms with Gasteiger partial charge >= 0.3 is 5.69 Å². The summed E-state index contributed by atoms with van der Waals surface area (Å²) in [5.41, 5.74) is 1.09. The van der Waals surface area contributed by atoms with Crippen LogP contribution in [0, 0.1) is 10.1 Å². The van der Waals surface area contributed by atoms with Crippen molar-refractivity contribution in [1.82, 2.24) is 9.78 Å². The Labute approximate surface area is 114 Å². The van der Waals surface area contributed by atoms with Crippen LogP contribution >= 0.6 is 0 Å². The van der Waals surface area contributed by atoms with E-state index in [1.54, 1.807) is 23.0 Å². The molecule has 1 aromatic heterocycles. The van der Waals surface area contributed by atoms with E-state index < -0.39 is 4.92 Å². The summed E-state index contributed by atoms with van der Waals surface area (Å²) in [5, 5.41) is 26.0. The number of aromatic nitrogens is 2. The predicted octanol–water partition coefficient (Wildman–Crippen LogP) is 2.70. The molecular weight excluding hydrogens is 258 g/mol. The zero-order valence-corrected chi connectivity index (χ0v) is 10.4. The van der Waals surface area contributed by atoms with Crippen LogP contribution in [0.1, 0.15) is 5.56 Å². The first-order chi connectivity index (χ1) is 9.66. The minimum Gasteiger partial charge on any atom is -0.502 e. The first-order valence-corrected chi connectivity index (χ1v) is 6.02. The third-order valence-electron chi connectivity index (χ3n) is 3.17. The highest BCUT2D eigenvalue weighted by Crippen LogP contribution is 2.30. The lowest BCUT2D eigenvalue weighted by Gasteiger charge is -2.06. The molecule has 0 spiro atoms. The van der Waals surface area contributed by atoms with Crippen LogP contribution < -0.4 is 0 Å². The molecule has 3 rings (SSSR count). The normalized spacial score (nSPS) is 10.8. The number of rotatable bonds is 3. The zero-order chi connectivity index (χ0) is 14.1. The molecule has 20 heavy (non-hydrogen) atoms. The van der Waals surface area contributed by atoms with Crippen molar-refractivity contribution in [2.75, 3.05) is 0 Å². The minimum absolute atomic E-state index is 0.279. The Bertz CT molecular complexity index is 795. The quantitative estimate of drug-likeness (QED) is 0.585. The van der Waals surface area contributed by atoms with E-state index in [0.717, 1.165) is 10.9 Å². The molecule has 0 radical (unpaired) electrons. The van der Waals surface area contributed by atoms with Crippen molar-refractivity contribution in [3.05, 3.63) is 64.3 Å². The van der Waals surface area contributed by atoms with Crippen molar-refractivity contribution in [2.45, 2.75) is 6.54 Å². The predicted molar refractivity (Wildman–Crippen MR) is 73.6 cm³/mol. The van der Waals surface area contributed by atoms with Crippen LogP contribution in [-0.4, -0.2) is 19.8 Å². The highest BCUT2D eigenvalue weighted by atomic mass is 16.6. The number of phenols is 1. The van der Waals surface area contributed by atoms with Gasteiger partial charge in [0.2, 0.25) is 0 Å². The van der Waals surface area contributed by atoms with Crippen LogP contribution in [0.5, 0.6) is 5.75 Å². The number of nitro groups is 1. The van der Waals surface area contributed by atoms with Crippen molar-refractivity contribution in [1.29, 1.82) is 0 Å². The molecule has 100 valence electrons. The van der Waals surface area contributed by atoms with E-state index in [1.165, 1.54) is 6.07 Å². The maximum atomic E-state index is 10.8. The lowest BCUT2D eigenvalue weighted by atomic mass is 10.1. The molecular formula is C14H11N3O3. The lowest BCUT2D eigenvalue weighted by molar-refractivity contribution is -0.385. The van der Waals surface area contributed by atoms with E-state index >= 15 is 0 Å². The molecule has 0 amide bonds. The van der Waals surface area contributed by atoms with Crippen molar-refractivity contribution in [3.63, 3.8) is 0 Å². The second kappa shape index (κ2) is 4.65. The van der Waals surface area contributed by atoms with E-state index in [4.69, 9.17) is 0 Å². The summed E-state index contributed by atoms with van der Waals surface area (Å²) in [6.45, 7) is 0.279. The van der Waals surface area contributed by atoms with Gasteiger partial charge in [-0.25, -0.2) is 0 Å². The zero-order valence-electron chi connectivity index (χ0n) is 10.4. The van der Waals surface area contributed by atoms with E-state index in [9.17, 15) is 15.2 Å². The van der Waals surface area contributed by atoms with Crippen molar-refractivity contribution < 1.29 is 10.0 Å². The van der Waals surface area contributed by atoms with Gasteiger partial charge in [0.1, 0.15) is 0 Å². The average molecular weight is 269 g/mol. The van der Waals surface area contributed by atoms with Crippen LogP contribution in [0.15, 0.2) is 48.7 Å². The fourth-order valence-electron chi connectivity index (χ4n) is 2.17. The summed E-state index contributed by atoms with van der Waals surface area (Å²) >= 11 is 0. The van der Waals surface area contributed by atoms with Crippen LogP contribution in [-0.2, 0) is 6.54 Å². The molecule has 0 saturated heterocycles. The third-order valence-corrected chi connectivity index (χ3v) is 3.17. The molecule has 0 saturated carbocycles. The molecule has 0 atom stereocenters. The van der Waals surface area contributed by atoms with Crippen LogP contribution in [0.2, 0.25) is 0 Å². The molecule has 0 aliphatic carbocycles. The SMILES string of the molecule is O=[N+]([O-])c1cccc(Cn2ncc3ccccc32)c1O. The van der Waals surface area contributed by atoms with Crippen molar-refractivity contribution in [3.8, 4) is 5.75 Å². The molecule has 1 heterocycles. The number of hydrogen-bond donors (Lipinski definition) is 1. The van der Waals surface area contributed by atoms with Gasteiger partial charge in [0.05, 0.1) is 23.2 Å². The number of fused-ring (bicyclic) bond motifs is 1. The summed E-state index contributed by atoms with van der Waals surface area (Å²) in [4.78, 5) is 10.2. The van der Waals surface area contributed by atoms with Gasteiger partial charge in [-0.3, -0.25) is 14.8 Å². The number of phenolic OH excluding ortho intramolecular Hbond substituents is 1. The average Bonchev–Trinajstić information content (AvgIpc) is 2.84. The maximum Gasteiger partial charge on any atom is 0.311 e. The molecule has 3 aromatic rings. The number of aromatic hydroxyl groups is 1. The maximum absolute atomic E-state index is 10.8. The summed E-state index contributed by atoms with van der Waals surface area (Å²) in [7, 11) is 0. The largest absolute Gasteiger partial charge is 0.502 e. The van der Waals surface area contributed by atoms with Gasteiger partial charge in [-0.15, -0.1) is 0 Å². The Kier molecular flexibility index (Phi) is 2.83. The topological polar surface area (TPSA) is 81.2 Å². The van der Waals surface area contributed by atoms with E-state index in [1.807, 2.05) is 24.3 Å². The number of nitrogens with zero attached hydrogens (tertiary/aromatic N) is 3. The first-order valence-electron chi connectivity index (χ1n) is 6.02. The number of para-hydroxylation sites is 2. The highest BCUT2D eigenvalue weighted by Gasteiger charge is 2.17. The van der Waals surface area contributed by atoms with Crippen LogP contribution in [0.3, 0.4) is 0 Å². The molecule has 0 aliphatic heterocycles. The highest BCUT2D eigenvalue weighted by molar-refractivity contribution is 5.78. The van der Waals surface area contributed by atoms with Gasteiger partial charge in [-0.2, -0.15) is 5.10 Å². The Morgan fingerprint density at radius 3 is 2.80 bits per heavy atom. The Hall–Kier alpha value is -2.89. The smallest absolute Gasteiger partial charge is 0.311 e. The molecule has 0 bridgehead atoms. The molecule has 6 heteroatoms. The van der Waals surface area contributed by atoms with Gasteiger partial charge < -0.3 is 5.11 Å². The third kappa shape index (κ3) is 1.97. The molecule has 6 nitrogen and oxygen atoms in total.